The fraction of sp³-hybridized carbons (Fsp3) is 0.450. The molecule has 2 amide bonds. The molecule has 1 aromatic heterocycles. The van der Waals surface area contributed by atoms with E-state index in [-0.39, 0.29) is 30.3 Å². The Hall–Kier alpha value is -2.67. The minimum Gasteiger partial charge on any atom is -0.348 e. The van der Waals surface area contributed by atoms with Crippen LogP contribution in [0.15, 0.2) is 30.3 Å². The Balaban J connectivity index is 1.92. The third-order valence-corrected chi connectivity index (χ3v) is 4.47. The van der Waals surface area contributed by atoms with Crippen molar-refractivity contribution in [2.45, 2.75) is 46.7 Å². The molecule has 0 spiro atoms. The van der Waals surface area contributed by atoms with Crippen LogP contribution in [0.4, 0.5) is 0 Å². The first kappa shape index (κ1) is 20.6. The van der Waals surface area contributed by atoms with Crippen LogP contribution in [0.3, 0.4) is 0 Å². The van der Waals surface area contributed by atoms with E-state index in [2.05, 4.69) is 15.7 Å². The molecule has 2 rings (SSSR count). The van der Waals surface area contributed by atoms with Crippen LogP contribution < -0.4 is 16.4 Å². The highest BCUT2D eigenvalue weighted by Gasteiger charge is 2.18. The van der Waals surface area contributed by atoms with E-state index >= 15 is 0 Å². The molecule has 7 heteroatoms. The maximum Gasteiger partial charge on any atom is 0.239 e. The fourth-order valence-corrected chi connectivity index (χ4v) is 2.76. The lowest BCUT2D eigenvalue weighted by Gasteiger charge is -2.17. The molecule has 2 atom stereocenters. The van der Waals surface area contributed by atoms with Crippen LogP contribution in [0, 0.1) is 19.8 Å². The summed E-state index contributed by atoms with van der Waals surface area (Å²) in [7, 11) is 0. The van der Waals surface area contributed by atoms with Crippen LogP contribution >= 0.6 is 0 Å². The molecule has 1 unspecified atom stereocenters. The van der Waals surface area contributed by atoms with Crippen molar-refractivity contribution in [3.05, 3.63) is 47.3 Å². The molecule has 1 heterocycles. The van der Waals surface area contributed by atoms with Gasteiger partial charge in [0.1, 0.15) is 0 Å². The number of hydrogen-bond acceptors (Lipinski definition) is 4. The van der Waals surface area contributed by atoms with Gasteiger partial charge in [-0.1, -0.05) is 26.0 Å². The van der Waals surface area contributed by atoms with Crippen LogP contribution in [0.2, 0.25) is 0 Å². The Bertz CT molecular complexity index is 795. The average molecular weight is 371 g/mol. The zero-order valence-electron chi connectivity index (χ0n) is 16.6. The molecule has 4 N–H and O–H groups in total. The second-order valence-corrected chi connectivity index (χ2v) is 7.21. The molecule has 7 nitrogen and oxygen atoms in total. The number of amides is 2. The van der Waals surface area contributed by atoms with E-state index in [9.17, 15) is 9.59 Å². The van der Waals surface area contributed by atoms with Crippen molar-refractivity contribution >= 4 is 11.8 Å². The Kier molecular flexibility index (Phi) is 6.74. The van der Waals surface area contributed by atoms with Gasteiger partial charge in [-0.15, -0.1) is 0 Å². The summed E-state index contributed by atoms with van der Waals surface area (Å²) in [6.07, 6.45) is 0. The Morgan fingerprint density at radius 1 is 1.15 bits per heavy atom. The number of carbonyl (C=O) groups excluding carboxylic acids is 2. The van der Waals surface area contributed by atoms with Gasteiger partial charge in [-0.3, -0.25) is 9.59 Å². The normalized spacial score (nSPS) is 13.3. The number of nitrogens with zero attached hydrogens (tertiary/aromatic N) is 2. The predicted molar refractivity (Wildman–Crippen MR) is 105 cm³/mol. The number of aromatic nitrogens is 2. The number of aryl methyl sites for hydroxylation is 2. The third-order valence-electron chi connectivity index (χ3n) is 4.47. The maximum atomic E-state index is 12.1. The van der Waals surface area contributed by atoms with Gasteiger partial charge in [-0.2, -0.15) is 5.10 Å². The second-order valence-electron chi connectivity index (χ2n) is 7.21. The van der Waals surface area contributed by atoms with Crippen molar-refractivity contribution in [3.63, 3.8) is 0 Å². The minimum atomic E-state index is -0.614. The summed E-state index contributed by atoms with van der Waals surface area (Å²) in [5, 5.41) is 9.92. The van der Waals surface area contributed by atoms with Crippen LogP contribution in [0.5, 0.6) is 0 Å². The minimum absolute atomic E-state index is 0.0210. The van der Waals surface area contributed by atoms with Crippen LogP contribution in [-0.4, -0.2) is 34.2 Å². The van der Waals surface area contributed by atoms with E-state index in [0.717, 1.165) is 22.6 Å². The number of nitrogens with two attached hydrogens (primary N) is 1. The van der Waals surface area contributed by atoms with Gasteiger partial charge in [0.2, 0.25) is 11.8 Å². The Morgan fingerprint density at radius 3 is 2.30 bits per heavy atom. The van der Waals surface area contributed by atoms with Crippen molar-refractivity contribution in [3.8, 4) is 5.69 Å². The van der Waals surface area contributed by atoms with Gasteiger partial charge in [0, 0.05) is 5.69 Å². The van der Waals surface area contributed by atoms with E-state index in [1.54, 1.807) is 0 Å². The molecule has 27 heavy (non-hydrogen) atoms. The molecule has 1 aromatic carbocycles. The van der Waals surface area contributed by atoms with Gasteiger partial charge in [-0.25, -0.2) is 4.68 Å². The lowest BCUT2D eigenvalue weighted by atomic mass is 10.1. The first-order chi connectivity index (χ1) is 12.7. The standard InChI is InChI=1S/C20H29N5O2/c1-12(2)19(21)20(27)22-11-18(26)23-15(5)16-6-8-17(9-7-16)25-14(4)10-13(3)24-25/h6-10,12,15,19H,11,21H2,1-5H3,(H,22,27)(H,23,26)/t15?,19-/m0/s1. The van der Waals surface area contributed by atoms with Gasteiger partial charge in [-0.05, 0) is 50.5 Å². The number of nitrogens with one attached hydrogen (secondary N) is 2. The van der Waals surface area contributed by atoms with Crippen LogP contribution in [0.25, 0.3) is 5.69 Å². The molecular formula is C20H29N5O2. The zero-order valence-corrected chi connectivity index (χ0v) is 16.6. The van der Waals surface area contributed by atoms with Crippen molar-refractivity contribution in [2.75, 3.05) is 6.54 Å². The fourth-order valence-electron chi connectivity index (χ4n) is 2.76. The Morgan fingerprint density at radius 2 is 1.78 bits per heavy atom. The monoisotopic (exact) mass is 371 g/mol. The second kappa shape index (κ2) is 8.81. The lowest BCUT2D eigenvalue weighted by molar-refractivity contribution is -0.127. The number of benzene rings is 1. The van der Waals surface area contributed by atoms with Gasteiger partial charge in [0.25, 0.3) is 0 Å². The molecule has 0 aliphatic heterocycles. The predicted octanol–water partition coefficient (Wildman–Crippen LogP) is 1.77. The molecule has 0 saturated heterocycles. The molecule has 0 saturated carbocycles. The summed E-state index contributed by atoms with van der Waals surface area (Å²) in [4.78, 5) is 23.9. The van der Waals surface area contributed by atoms with E-state index in [0.29, 0.717) is 0 Å². The number of carbonyl (C=O) groups is 2. The smallest absolute Gasteiger partial charge is 0.239 e. The average Bonchev–Trinajstić information content (AvgIpc) is 2.97. The van der Waals surface area contributed by atoms with Crippen molar-refractivity contribution < 1.29 is 9.59 Å². The van der Waals surface area contributed by atoms with E-state index in [4.69, 9.17) is 5.73 Å². The number of hydrogen-bond donors (Lipinski definition) is 3. The first-order valence-corrected chi connectivity index (χ1v) is 9.15. The third kappa shape index (κ3) is 5.40. The summed E-state index contributed by atoms with van der Waals surface area (Å²) >= 11 is 0. The highest BCUT2D eigenvalue weighted by molar-refractivity contribution is 5.87. The van der Waals surface area contributed by atoms with Crippen LogP contribution in [-0.2, 0) is 9.59 Å². The van der Waals surface area contributed by atoms with E-state index < -0.39 is 6.04 Å². The molecule has 0 aliphatic carbocycles. The summed E-state index contributed by atoms with van der Waals surface area (Å²) in [5.41, 5.74) is 9.74. The molecule has 2 aromatic rings. The van der Waals surface area contributed by atoms with Gasteiger partial charge < -0.3 is 16.4 Å². The topological polar surface area (TPSA) is 102 Å². The van der Waals surface area contributed by atoms with Crippen LogP contribution in [0.1, 0.15) is 43.8 Å². The largest absolute Gasteiger partial charge is 0.348 e. The zero-order chi connectivity index (χ0) is 20.1. The molecule has 0 radical (unpaired) electrons. The number of rotatable bonds is 7. The molecular weight excluding hydrogens is 342 g/mol. The van der Waals surface area contributed by atoms with Gasteiger partial charge in [0.05, 0.1) is 30.0 Å². The summed E-state index contributed by atoms with van der Waals surface area (Å²) in [6, 6.07) is 9.10. The molecule has 0 fully saturated rings. The van der Waals surface area contributed by atoms with Crippen molar-refractivity contribution in [1.29, 1.82) is 0 Å². The summed E-state index contributed by atoms with van der Waals surface area (Å²) < 4.78 is 1.88. The molecule has 146 valence electrons. The quantitative estimate of drug-likeness (QED) is 0.690. The summed E-state index contributed by atoms with van der Waals surface area (Å²) in [5.74, 6) is -0.552. The van der Waals surface area contributed by atoms with Gasteiger partial charge in [0.15, 0.2) is 0 Å². The van der Waals surface area contributed by atoms with E-state index in [1.165, 1.54) is 0 Å². The Labute approximate surface area is 160 Å². The summed E-state index contributed by atoms with van der Waals surface area (Å²) in [6.45, 7) is 9.51. The highest BCUT2D eigenvalue weighted by Crippen LogP contribution is 2.17. The van der Waals surface area contributed by atoms with Crippen molar-refractivity contribution in [1.82, 2.24) is 20.4 Å². The molecule has 0 bridgehead atoms. The lowest BCUT2D eigenvalue weighted by Crippen LogP contribution is -2.47. The first-order valence-electron chi connectivity index (χ1n) is 9.15. The highest BCUT2D eigenvalue weighted by atomic mass is 16.2. The van der Waals surface area contributed by atoms with Crippen molar-refractivity contribution in [2.24, 2.45) is 11.7 Å². The molecule has 0 aliphatic rings. The SMILES string of the molecule is Cc1cc(C)n(-c2ccc(C(C)NC(=O)CNC(=O)[C@@H](N)C(C)C)cc2)n1. The van der Waals surface area contributed by atoms with E-state index in [1.807, 2.05) is 69.6 Å². The maximum absolute atomic E-state index is 12.1. The van der Waals surface area contributed by atoms with Gasteiger partial charge >= 0.3 is 0 Å².